The van der Waals surface area contributed by atoms with E-state index in [1.54, 1.807) is 0 Å². The van der Waals surface area contributed by atoms with E-state index in [0.29, 0.717) is 6.54 Å². The lowest BCUT2D eigenvalue weighted by molar-refractivity contribution is -0.120. The molecule has 98 valence electrons. The Bertz CT molecular complexity index is 418. The molecule has 3 nitrogen and oxygen atoms in total. The lowest BCUT2D eigenvalue weighted by Gasteiger charge is -2.14. The van der Waals surface area contributed by atoms with Crippen LogP contribution in [0.1, 0.15) is 31.4 Å². The average molecular weight is 311 g/mol. The van der Waals surface area contributed by atoms with Crippen LogP contribution in [-0.2, 0) is 4.79 Å². The molecule has 1 atom stereocenters. The summed E-state index contributed by atoms with van der Waals surface area (Å²) in [5.41, 5.74) is 1.18. The van der Waals surface area contributed by atoms with Gasteiger partial charge in [-0.15, -0.1) is 0 Å². The predicted octanol–water partition coefficient (Wildman–Crippen LogP) is 2.63. The van der Waals surface area contributed by atoms with Crippen molar-refractivity contribution < 1.29 is 4.79 Å². The lowest BCUT2D eigenvalue weighted by atomic mass is 10.1. The van der Waals surface area contributed by atoms with Gasteiger partial charge in [-0.05, 0) is 43.4 Å². The summed E-state index contributed by atoms with van der Waals surface area (Å²) >= 11 is 3.45. The first-order valence-electron chi connectivity index (χ1n) is 6.40. The van der Waals surface area contributed by atoms with Gasteiger partial charge in [-0.2, -0.15) is 0 Å². The second-order valence-electron chi connectivity index (χ2n) is 4.91. The Morgan fingerprint density at radius 3 is 2.94 bits per heavy atom. The van der Waals surface area contributed by atoms with Crippen LogP contribution in [0.5, 0.6) is 0 Å². The molecule has 0 bridgehead atoms. The van der Waals surface area contributed by atoms with Gasteiger partial charge >= 0.3 is 0 Å². The van der Waals surface area contributed by atoms with E-state index in [0.717, 1.165) is 16.9 Å². The first-order valence-corrected chi connectivity index (χ1v) is 7.20. The fourth-order valence-electron chi connectivity index (χ4n) is 1.78. The van der Waals surface area contributed by atoms with Gasteiger partial charge in [0, 0.05) is 17.1 Å². The number of halogens is 1. The van der Waals surface area contributed by atoms with E-state index < -0.39 is 0 Å². The number of carbonyl (C=O) groups is 1. The molecule has 18 heavy (non-hydrogen) atoms. The third-order valence-electron chi connectivity index (χ3n) is 3.20. The summed E-state index contributed by atoms with van der Waals surface area (Å²) in [5, 5.41) is 6.19. The summed E-state index contributed by atoms with van der Waals surface area (Å²) in [5.74, 6) is 0.820. The summed E-state index contributed by atoms with van der Waals surface area (Å²) in [7, 11) is 0. The molecule has 2 rings (SSSR count). The van der Waals surface area contributed by atoms with Crippen LogP contribution in [0.2, 0.25) is 0 Å². The number of hydrogen-bond acceptors (Lipinski definition) is 2. The number of carbonyl (C=O) groups excluding carboxylic acids is 1. The van der Waals surface area contributed by atoms with Crippen LogP contribution in [0.25, 0.3) is 0 Å². The first kappa shape index (κ1) is 13.6. The van der Waals surface area contributed by atoms with E-state index in [1.165, 1.54) is 18.4 Å². The second-order valence-corrected chi connectivity index (χ2v) is 5.82. The first-order chi connectivity index (χ1) is 8.65. The molecule has 1 aliphatic carbocycles. The highest BCUT2D eigenvalue weighted by Crippen LogP contribution is 2.27. The van der Waals surface area contributed by atoms with Gasteiger partial charge in [0.2, 0.25) is 5.91 Å². The third-order valence-corrected chi connectivity index (χ3v) is 3.70. The fraction of sp³-hybridized carbons (Fsp3) is 0.500. The van der Waals surface area contributed by atoms with Crippen molar-refractivity contribution in [2.75, 3.05) is 13.1 Å². The zero-order valence-corrected chi connectivity index (χ0v) is 12.2. The van der Waals surface area contributed by atoms with Crippen molar-refractivity contribution in [3.8, 4) is 0 Å². The molecule has 1 amide bonds. The zero-order chi connectivity index (χ0) is 13.0. The SMILES string of the molecule is C[C@@H](NCC(=O)NCC1CC1)c1cccc(Br)c1. The Morgan fingerprint density at radius 2 is 2.28 bits per heavy atom. The number of nitrogens with one attached hydrogen (secondary N) is 2. The summed E-state index contributed by atoms with van der Waals surface area (Å²) in [6.45, 7) is 3.28. The smallest absolute Gasteiger partial charge is 0.233 e. The van der Waals surface area contributed by atoms with Crippen molar-refractivity contribution in [1.29, 1.82) is 0 Å². The molecule has 1 aliphatic rings. The number of benzene rings is 1. The molecule has 0 heterocycles. The molecule has 0 saturated heterocycles. The maximum Gasteiger partial charge on any atom is 0.233 e. The number of amides is 1. The van der Waals surface area contributed by atoms with Gasteiger partial charge in [-0.3, -0.25) is 4.79 Å². The topological polar surface area (TPSA) is 41.1 Å². The van der Waals surface area contributed by atoms with Crippen LogP contribution < -0.4 is 10.6 Å². The third kappa shape index (κ3) is 4.42. The molecule has 2 N–H and O–H groups in total. The molecule has 0 radical (unpaired) electrons. The van der Waals surface area contributed by atoms with Gasteiger partial charge in [0.1, 0.15) is 0 Å². The van der Waals surface area contributed by atoms with E-state index in [1.807, 2.05) is 12.1 Å². The second kappa shape index (κ2) is 6.34. The van der Waals surface area contributed by atoms with E-state index in [-0.39, 0.29) is 11.9 Å². The van der Waals surface area contributed by atoms with E-state index >= 15 is 0 Å². The molecule has 4 heteroatoms. The highest BCUT2D eigenvalue weighted by molar-refractivity contribution is 9.10. The normalized spacial score (nSPS) is 16.3. The Kier molecular flexibility index (Phi) is 4.78. The summed E-state index contributed by atoms with van der Waals surface area (Å²) in [6.07, 6.45) is 2.53. The van der Waals surface area contributed by atoms with Crippen LogP contribution >= 0.6 is 15.9 Å². The fourth-order valence-corrected chi connectivity index (χ4v) is 2.20. The zero-order valence-electron chi connectivity index (χ0n) is 10.6. The van der Waals surface area contributed by atoms with Crippen molar-refractivity contribution >= 4 is 21.8 Å². The maximum absolute atomic E-state index is 11.6. The van der Waals surface area contributed by atoms with Gasteiger partial charge < -0.3 is 10.6 Å². The van der Waals surface area contributed by atoms with Crippen LogP contribution in [0, 0.1) is 5.92 Å². The van der Waals surface area contributed by atoms with E-state index in [4.69, 9.17) is 0 Å². The predicted molar refractivity (Wildman–Crippen MR) is 76.3 cm³/mol. The molecule has 0 spiro atoms. The molecule has 0 aliphatic heterocycles. The number of rotatable bonds is 6. The number of hydrogen-bond donors (Lipinski definition) is 2. The Balaban J connectivity index is 1.73. The van der Waals surface area contributed by atoms with Crippen molar-refractivity contribution in [2.45, 2.75) is 25.8 Å². The molecule has 0 aromatic heterocycles. The van der Waals surface area contributed by atoms with E-state index in [9.17, 15) is 4.79 Å². The van der Waals surface area contributed by atoms with Crippen molar-refractivity contribution in [3.05, 3.63) is 34.3 Å². The summed E-state index contributed by atoms with van der Waals surface area (Å²) < 4.78 is 1.06. The lowest BCUT2D eigenvalue weighted by Crippen LogP contribution is -2.36. The standard InChI is InChI=1S/C14H19BrN2O/c1-10(12-3-2-4-13(15)7-12)16-9-14(18)17-8-11-5-6-11/h2-4,7,10-11,16H,5-6,8-9H2,1H3,(H,17,18)/t10-/m1/s1. The monoisotopic (exact) mass is 310 g/mol. The molecule has 1 aromatic carbocycles. The van der Waals surface area contributed by atoms with Crippen LogP contribution in [0.4, 0.5) is 0 Å². The van der Waals surface area contributed by atoms with Crippen LogP contribution in [-0.4, -0.2) is 19.0 Å². The molecule has 1 aromatic rings. The summed E-state index contributed by atoms with van der Waals surface area (Å²) in [4.78, 5) is 11.6. The molecule has 1 fully saturated rings. The largest absolute Gasteiger partial charge is 0.355 e. The molecule has 0 unspecified atom stereocenters. The van der Waals surface area contributed by atoms with Crippen molar-refractivity contribution in [3.63, 3.8) is 0 Å². The van der Waals surface area contributed by atoms with Gasteiger partial charge in [-0.25, -0.2) is 0 Å². The average Bonchev–Trinajstić information content (AvgIpc) is 3.17. The molecular weight excluding hydrogens is 292 g/mol. The Morgan fingerprint density at radius 1 is 1.50 bits per heavy atom. The molecule has 1 saturated carbocycles. The van der Waals surface area contributed by atoms with E-state index in [2.05, 4.69) is 45.6 Å². The van der Waals surface area contributed by atoms with Crippen LogP contribution in [0.15, 0.2) is 28.7 Å². The minimum absolute atomic E-state index is 0.0868. The van der Waals surface area contributed by atoms with Gasteiger partial charge in [-0.1, -0.05) is 28.1 Å². The van der Waals surface area contributed by atoms with Crippen molar-refractivity contribution in [1.82, 2.24) is 10.6 Å². The Labute approximate surface area is 116 Å². The minimum Gasteiger partial charge on any atom is -0.355 e. The highest BCUT2D eigenvalue weighted by atomic mass is 79.9. The Hall–Kier alpha value is -0.870. The van der Waals surface area contributed by atoms with Gasteiger partial charge in [0.25, 0.3) is 0 Å². The molecular formula is C14H19BrN2O. The van der Waals surface area contributed by atoms with Gasteiger partial charge in [0.05, 0.1) is 6.54 Å². The quantitative estimate of drug-likeness (QED) is 0.848. The maximum atomic E-state index is 11.6. The highest BCUT2D eigenvalue weighted by Gasteiger charge is 2.21. The van der Waals surface area contributed by atoms with Gasteiger partial charge in [0.15, 0.2) is 0 Å². The minimum atomic E-state index is 0.0868. The van der Waals surface area contributed by atoms with Crippen molar-refractivity contribution in [2.24, 2.45) is 5.92 Å². The summed E-state index contributed by atoms with van der Waals surface area (Å²) in [6, 6.07) is 8.31. The van der Waals surface area contributed by atoms with Crippen LogP contribution in [0.3, 0.4) is 0 Å².